The third-order valence-electron chi connectivity index (χ3n) is 2.13. The lowest BCUT2D eigenvalue weighted by Crippen LogP contribution is -2.38. The molecule has 0 fully saturated rings. The quantitative estimate of drug-likeness (QED) is 0.841. The van der Waals surface area contributed by atoms with E-state index in [2.05, 4.69) is 5.32 Å². The number of halogens is 1. The molecule has 2 N–H and O–H groups in total. The van der Waals surface area contributed by atoms with Gasteiger partial charge in [0.1, 0.15) is 5.75 Å². The molecule has 4 nitrogen and oxygen atoms in total. The molecule has 5 heteroatoms. The van der Waals surface area contributed by atoms with Gasteiger partial charge >= 0.3 is 0 Å². The predicted octanol–water partition coefficient (Wildman–Crippen LogP) is 1.52. The van der Waals surface area contributed by atoms with Crippen molar-refractivity contribution in [2.75, 3.05) is 13.2 Å². The van der Waals surface area contributed by atoms with Crippen LogP contribution in [0.25, 0.3) is 0 Å². The maximum absolute atomic E-state index is 11.4. The number of aliphatic hydroxyl groups excluding tert-OH is 1. The standard InChI is InChI=1S/C12H16ClNO3/c1-8-3-4-10(13)11(5-8)17-7-12(16)14-9(2)6-15/h3-5,9,15H,6-7H2,1-2H3,(H,14,16). The highest BCUT2D eigenvalue weighted by atomic mass is 35.5. The molecule has 0 bridgehead atoms. The summed E-state index contributed by atoms with van der Waals surface area (Å²) in [7, 11) is 0. The SMILES string of the molecule is Cc1ccc(Cl)c(OCC(=O)NC(C)CO)c1. The molecule has 1 unspecified atom stereocenters. The van der Waals surface area contributed by atoms with Gasteiger partial charge in [-0.3, -0.25) is 4.79 Å². The van der Waals surface area contributed by atoms with Gasteiger partial charge in [0.2, 0.25) is 0 Å². The molecular weight excluding hydrogens is 242 g/mol. The van der Waals surface area contributed by atoms with E-state index in [0.717, 1.165) is 5.56 Å². The Balaban J connectivity index is 2.50. The van der Waals surface area contributed by atoms with Gasteiger partial charge in [-0.15, -0.1) is 0 Å². The molecule has 94 valence electrons. The summed E-state index contributed by atoms with van der Waals surface area (Å²) in [6.07, 6.45) is 0. The topological polar surface area (TPSA) is 58.6 Å². The minimum atomic E-state index is -0.288. The van der Waals surface area contributed by atoms with Gasteiger partial charge in [0.05, 0.1) is 11.6 Å². The van der Waals surface area contributed by atoms with E-state index in [4.69, 9.17) is 21.4 Å². The lowest BCUT2D eigenvalue weighted by atomic mass is 10.2. The Morgan fingerprint density at radius 1 is 1.59 bits per heavy atom. The largest absolute Gasteiger partial charge is 0.482 e. The molecule has 1 amide bonds. The number of aryl methyl sites for hydroxylation is 1. The lowest BCUT2D eigenvalue weighted by Gasteiger charge is -2.12. The average molecular weight is 258 g/mol. The maximum Gasteiger partial charge on any atom is 0.258 e. The molecule has 0 saturated carbocycles. The van der Waals surface area contributed by atoms with E-state index in [9.17, 15) is 4.79 Å². The first kappa shape index (κ1) is 13.8. The second-order valence-electron chi connectivity index (χ2n) is 3.87. The molecule has 0 saturated heterocycles. The zero-order chi connectivity index (χ0) is 12.8. The number of hydrogen-bond acceptors (Lipinski definition) is 3. The van der Waals surface area contributed by atoms with Crippen molar-refractivity contribution in [2.45, 2.75) is 19.9 Å². The van der Waals surface area contributed by atoms with Crippen LogP contribution in [0.2, 0.25) is 5.02 Å². The fourth-order valence-corrected chi connectivity index (χ4v) is 1.40. The maximum atomic E-state index is 11.4. The van der Waals surface area contributed by atoms with E-state index >= 15 is 0 Å². The average Bonchev–Trinajstić information content (AvgIpc) is 2.30. The summed E-state index contributed by atoms with van der Waals surface area (Å²) in [4.78, 5) is 11.4. The normalized spacial score (nSPS) is 12.0. The van der Waals surface area contributed by atoms with Gasteiger partial charge in [-0.05, 0) is 31.5 Å². The second kappa shape index (κ2) is 6.47. The van der Waals surface area contributed by atoms with Crippen LogP contribution in [0.1, 0.15) is 12.5 Å². The highest BCUT2D eigenvalue weighted by Crippen LogP contribution is 2.24. The molecule has 0 aromatic heterocycles. The third kappa shape index (κ3) is 4.63. The van der Waals surface area contributed by atoms with Crippen LogP contribution >= 0.6 is 11.6 Å². The van der Waals surface area contributed by atoms with Gasteiger partial charge in [0, 0.05) is 6.04 Å². The van der Waals surface area contributed by atoms with Crippen LogP contribution in [0.15, 0.2) is 18.2 Å². The number of hydrogen-bond donors (Lipinski definition) is 2. The molecule has 1 rings (SSSR count). The van der Waals surface area contributed by atoms with E-state index in [1.165, 1.54) is 0 Å². The molecule has 0 spiro atoms. The van der Waals surface area contributed by atoms with Gasteiger partial charge in [-0.25, -0.2) is 0 Å². The molecule has 0 aliphatic heterocycles. The minimum absolute atomic E-state index is 0.100. The molecule has 0 aliphatic carbocycles. The van der Waals surface area contributed by atoms with Crippen molar-refractivity contribution in [3.05, 3.63) is 28.8 Å². The fraction of sp³-hybridized carbons (Fsp3) is 0.417. The number of nitrogens with one attached hydrogen (secondary N) is 1. The Bertz CT molecular complexity index is 395. The summed E-state index contributed by atoms with van der Waals surface area (Å²) in [5.41, 5.74) is 1.01. The molecule has 1 aromatic carbocycles. The van der Waals surface area contributed by atoms with Crippen molar-refractivity contribution in [1.82, 2.24) is 5.32 Å². The predicted molar refractivity (Wildman–Crippen MR) is 66.4 cm³/mol. The number of ether oxygens (including phenoxy) is 1. The molecule has 17 heavy (non-hydrogen) atoms. The van der Waals surface area contributed by atoms with Crippen LogP contribution in [-0.2, 0) is 4.79 Å². The summed E-state index contributed by atoms with van der Waals surface area (Å²) in [6, 6.07) is 5.08. The Hall–Kier alpha value is -1.26. The third-order valence-corrected chi connectivity index (χ3v) is 2.44. The first-order valence-electron chi connectivity index (χ1n) is 5.32. The van der Waals surface area contributed by atoms with Gasteiger partial charge in [-0.2, -0.15) is 0 Å². The van der Waals surface area contributed by atoms with E-state index < -0.39 is 0 Å². The lowest BCUT2D eigenvalue weighted by molar-refractivity contribution is -0.123. The Morgan fingerprint density at radius 3 is 2.94 bits per heavy atom. The molecule has 1 atom stereocenters. The van der Waals surface area contributed by atoms with Crippen LogP contribution in [0.5, 0.6) is 5.75 Å². The van der Waals surface area contributed by atoms with Gasteiger partial charge < -0.3 is 15.2 Å². The smallest absolute Gasteiger partial charge is 0.258 e. The summed E-state index contributed by atoms with van der Waals surface area (Å²) >= 11 is 5.92. The van der Waals surface area contributed by atoms with Gasteiger partial charge in [0.15, 0.2) is 6.61 Å². The van der Waals surface area contributed by atoms with Crippen molar-refractivity contribution in [3.8, 4) is 5.75 Å². The summed E-state index contributed by atoms with van der Waals surface area (Å²) in [6.45, 7) is 3.40. The highest BCUT2D eigenvalue weighted by Gasteiger charge is 2.08. The number of rotatable bonds is 5. The summed E-state index contributed by atoms with van der Waals surface area (Å²) < 4.78 is 5.30. The number of amides is 1. The second-order valence-corrected chi connectivity index (χ2v) is 4.28. The van der Waals surface area contributed by atoms with E-state index in [1.54, 1.807) is 19.1 Å². The highest BCUT2D eigenvalue weighted by molar-refractivity contribution is 6.32. The Morgan fingerprint density at radius 2 is 2.29 bits per heavy atom. The monoisotopic (exact) mass is 257 g/mol. The van der Waals surface area contributed by atoms with Crippen LogP contribution in [0.3, 0.4) is 0 Å². The minimum Gasteiger partial charge on any atom is -0.482 e. The summed E-state index contributed by atoms with van der Waals surface area (Å²) in [5, 5.41) is 11.8. The summed E-state index contributed by atoms with van der Waals surface area (Å²) in [5.74, 6) is 0.197. The molecular formula is C12H16ClNO3. The van der Waals surface area contributed by atoms with E-state index in [0.29, 0.717) is 10.8 Å². The molecule has 0 heterocycles. The molecule has 0 aliphatic rings. The van der Waals surface area contributed by atoms with Crippen LogP contribution in [-0.4, -0.2) is 30.3 Å². The fourth-order valence-electron chi connectivity index (χ4n) is 1.23. The Labute approximate surface area is 106 Å². The number of benzene rings is 1. The van der Waals surface area contributed by atoms with Crippen molar-refractivity contribution in [1.29, 1.82) is 0 Å². The van der Waals surface area contributed by atoms with Crippen LogP contribution < -0.4 is 10.1 Å². The van der Waals surface area contributed by atoms with Crippen molar-refractivity contribution >= 4 is 17.5 Å². The zero-order valence-electron chi connectivity index (χ0n) is 9.87. The van der Waals surface area contributed by atoms with Crippen molar-refractivity contribution in [3.63, 3.8) is 0 Å². The molecule has 0 radical (unpaired) electrons. The van der Waals surface area contributed by atoms with Gasteiger partial charge in [0.25, 0.3) is 5.91 Å². The van der Waals surface area contributed by atoms with Crippen molar-refractivity contribution in [2.24, 2.45) is 0 Å². The van der Waals surface area contributed by atoms with Crippen LogP contribution in [0, 0.1) is 6.92 Å². The number of aliphatic hydroxyl groups is 1. The first-order valence-corrected chi connectivity index (χ1v) is 5.70. The molecule has 1 aromatic rings. The first-order chi connectivity index (χ1) is 8.02. The zero-order valence-corrected chi connectivity index (χ0v) is 10.6. The van der Waals surface area contributed by atoms with E-state index in [-0.39, 0.29) is 25.2 Å². The van der Waals surface area contributed by atoms with Crippen molar-refractivity contribution < 1.29 is 14.6 Å². The Kier molecular flexibility index (Phi) is 5.25. The van der Waals surface area contributed by atoms with E-state index in [1.807, 2.05) is 13.0 Å². The van der Waals surface area contributed by atoms with Crippen LogP contribution in [0.4, 0.5) is 0 Å². The number of carbonyl (C=O) groups excluding carboxylic acids is 1. The van der Waals surface area contributed by atoms with Gasteiger partial charge in [-0.1, -0.05) is 17.7 Å². The number of carbonyl (C=O) groups is 1.